The lowest BCUT2D eigenvalue weighted by Crippen LogP contribution is -2.05. The second kappa shape index (κ2) is 5.17. The number of fused-ring (bicyclic) bond motifs is 1. The van der Waals surface area contributed by atoms with Crippen molar-refractivity contribution in [3.8, 4) is 0 Å². The number of para-hydroxylation sites is 1. The first-order valence-electron chi connectivity index (χ1n) is 6.20. The lowest BCUT2D eigenvalue weighted by atomic mass is 10.0. The molecule has 3 aromatic rings. The van der Waals surface area contributed by atoms with Crippen molar-refractivity contribution in [2.45, 2.75) is 6.42 Å². The van der Waals surface area contributed by atoms with Crippen molar-refractivity contribution >= 4 is 16.7 Å². The third kappa shape index (κ3) is 2.40. The summed E-state index contributed by atoms with van der Waals surface area (Å²) in [6, 6.07) is 10.6. The van der Waals surface area contributed by atoms with Gasteiger partial charge in [0.15, 0.2) is 5.78 Å². The zero-order chi connectivity index (χ0) is 13.9. The summed E-state index contributed by atoms with van der Waals surface area (Å²) >= 11 is 0. The number of ketones is 1. The maximum atomic E-state index is 13.1. The first-order chi connectivity index (χ1) is 9.74. The summed E-state index contributed by atoms with van der Waals surface area (Å²) < 4.78 is 13.1. The molecule has 2 heterocycles. The first-order valence-corrected chi connectivity index (χ1v) is 6.20. The summed E-state index contributed by atoms with van der Waals surface area (Å²) in [5, 5.41) is 0.938. The fraction of sp³-hybridized carbons (Fsp3) is 0.0625. The van der Waals surface area contributed by atoms with Crippen LogP contribution < -0.4 is 0 Å². The Hall–Kier alpha value is -2.62. The van der Waals surface area contributed by atoms with E-state index in [1.54, 1.807) is 6.20 Å². The molecule has 98 valence electrons. The number of rotatable bonds is 3. The average Bonchev–Trinajstić information content (AvgIpc) is 2.47. The number of benzene rings is 1. The van der Waals surface area contributed by atoms with E-state index in [0.717, 1.165) is 22.7 Å². The van der Waals surface area contributed by atoms with Gasteiger partial charge in [0.1, 0.15) is 5.82 Å². The van der Waals surface area contributed by atoms with E-state index in [2.05, 4.69) is 9.97 Å². The van der Waals surface area contributed by atoms with Crippen LogP contribution in [0.2, 0.25) is 0 Å². The van der Waals surface area contributed by atoms with E-state index in [-0.39, 0.29) is 17.8 Å². The molecular formula is C16H11FN2O. The summed E-state index contributed by atoms with van der Waals surface area (Å²) in [5.41, 5.74) is 2.01. The molecule has 0 bridgehead atoms. The summed E-state index contributed by atoms with van der Waals surface area (Å²) in [7, 11) is 0. The fourth-order valence-electron chi connectivity index (χ4n) is 2.15. The van der Waals surface area contributed by atoms with Gasteiger partial charge in [-0.1, -0.05) is 18.2 Å². The first kappa shape index (κ1) is 12.4. The molecule has 3 rings (SSSR count). The molecule has 0 aliphatic rings. The van der Waals surface area contributed by atoms with Gasteiger partial charge in [-0.2, -0.15) is 0 Å². The van der Waals surface area contributed by atoms with Crippen molar-refractivity contribution < 1.29 is 9.18 Å². The number of Topliss-reactive ketones (excluding diaryl/α,β-unsaturated/α-hetero) is 1. The molecule has 0 saturated heterocycles. The highest BCUT2D eigenvalue weighted by Gasteiger charge is 2.10. The molecular weight excluding hydrogens is 255 g/mol. The predicted octanol–water partition coefficient (Wildman–Crippen LogP) is 3.19. The van der Waals surface area contributed by atoms with Crippen molar-refractivity contribution in [1.29, 1.82) is 0 Å². The molecule has 0 atom stereocenters. The number of halogens is 1. The smallest absolute Gasteiger partial charge is 0.168 e. The maximum absolute atomic E-state index is 13.1. The zero-order valence-electron chi connectivity index (χ0n) is 10.6. The van der Waals surface area contributed by atoms with E-state index in [1.165, 1.54) is 12.3 Å². The highest BCUT2D eigenvalue weighted by molar-refractivity contribution is 5.99. The van der Waals surface area contributed by atoms with E-state index in [0.29, 0.717) is 0 Å². The van der Waals surface area contributed by atoms with Crippen LogP contribution in [0.25, 0.3) is 10.9 Å². The SMILES string of the molecule is O=C(Cc1ccnc2ccccc12)c1cncc(F)c1. The van der Waals surface area contributed by atoms with Gasteiger partial charge in [-0.3, -0.25) is 14.8 Å². The Bertz CT molecular complexity index is 781. The van der Waals surface area contributed by atoms with Crippen LogP contribution in [0.15, 0.2) is 55.0 Å². The normalized spacial score (nSPS) is 10.7. The van der Waals surface area contributed by atoms with Gasteiger partial charge in [0.25, 0.3) is 0 Å². The quantitative estimate of drug-likeness (QED) is 0.684. The van der Waals surface area contributed by atoms with Crippen LogP contribution in [-0.2, 0) is 6.42 Å². The lowest BCUT2D eigenvalue weighted by molar-refractivity contribution is 0.0992. The number of hydrogen-bond acceptors (Lipinski definition) is 3. The van der Waals surface area contributed by atoms with E-state index in [9.17, 15) is 9.18 Å². The molecule has 0 amide bonds. The van der Waals surface area contributed by atoms with Crippen molar-refractivity contribution in [2.75, 3.05) is 0 Å². The van der Waals surface area contributed by atoms with E-state index >= 15 is 0 Å². The molecule has 0 spiro atoms. The number of hydrogen-bond donors (Lipinski definition) is 0. The van der Waals surface area contributed by atoms with Gasteiger partial charge < -0.3 is 0 Å². The molecule has 20 heavy (non-hydrogen) atoms. The molecule has 0 aliphatic carbocycles. The molecule has 0 saturated carbocycles. The Balaban J connectivity index is 1.95. The Morgan fingerprint density at radius 2 is 2.00 bits per heavy atom. The second-order valence-corrected chi connectivity index (χ2v) is 4.48. The number of carbonyl (C=O) groups excluding carboxylic acids is 1. The number of carbonyl (C=O) groups is 1. The molecule has 0 unspecified atom stereocenters. The summed E-state index contributed by atoms with van der Waals surface area (Å²) in [6.07, 6.45) is 4.34. The minimum Gasteiger partial charge on any atom is -0.294 e. The number of pyridine rings is 2. The average molecular weight is 266 g/mol. The largest absolute Gasteiger partial charge is 0.294 e. The van der Waals surface area contributed by atoms with Crippen LogP contribution in [0.5, 0.6) is 0 Å². The van der Waals surface area contributed by atoms with Crippen LogP contribution in [0, 0.1) is 5.82 Å². The van der Waals surface area contributed by atoms with Crippen molar-refractivity contribution in [1.82, 2.24) is 9.97 Å². The van der Waals surface area contributed by atoms with Gasteiger partial charge >= 0.3 is 0 Å². The van der Waals surface area contributed by atoms with Crippen LogP contribution >= 0.6 is 0 Å². The minimum absolute atomic E-state index is 0.159. The molecule has 2 aromatic heterocycles. The summed E-state index contributed by atoms with van der Waals surface area (Å²) in [4.78, 5) is 20.1. The summed E-state index contributed by atoms with van der Waals surface area (Å²) in [6.45, 7) is 0. The van der Waals surface area contributed by atoms with Crippen LogP contribution in [0.1, 0.15) is 15.9 Å². The predicted molar refractivity (Wildman–Crippen MR) is 74.0 cm³/mol. The topological polar surface area (TPSA) is 42.9 Å². The van der Waals surface area contributed by atoms with E-state index in [1.807, 2.05) is 30.3 Å². The molecule has 0 fully saturated rings. The highest BCUT2D eigenvalue weighted by atomic mass is 19.1. The van der Waals surface area contributed by atoms with E-state index in [4.69, 9.17) is 0 Å². The van der Waals surface area contributed by atoms with Crippen molar-refractivity contribution in [3.63, 3.8) is 0 Å². The maximum Gasteiger partial charge on any atom is 0.168 e. The van der Waals surface area contributed by atoms with Gasteiger partial charge in [-0.25, -0.2) is 4.39 Å². The Kier molecular flexibility index (Phi) is 3.21. The van der Waals surface area contributed by atoms with Gasteiger partial charge in [0.05, 0.1) is 11.7 Å². The standard InChI is InChI=1S/C16H11FN2O/c17-13-7-12(9-18-10-13)16(20)8-11-5-6-19-15-4-2-1-3-14(11)15/h1-7,9-10H,8H2. The molecule has 0 aliphatic heterocycles. The van der Waals surface area contributed by atoms with Crippen LogP contribution in [0.4, 0.5) is 4.39 Å². The Morgan fingerprint density at radius 3 is 2.85 bits per heavy atom. The molecule has 0 N–H and O–H groups in total. The number of nitrogens with zero attached hydrogens (tertiary/aromatic N) is 2. The van der Waals surface area contributed by atoms with Gasteiger partial charge in [0.2, 0.25) is 0 Å². The van der Waals surface area contributed by atoms with Gasteiger partial charge in [0, 0.05) is 29.8 Å². The van der Waals surface area contributed by atoms with Crippen molar-refractivity contribution in [2.24, 2.45) is 0 Å². The Labute approximate surface area is 115 Å². The third-order valence-corrected chi connectivity index (χ3v) is 3.12. The molecule has 1 aromatic carbocycles. The fourth-order valence-corrected chi connectivity index (χ4v) is 2.15. The highest BCUT2D eigenvalue weighted by Crippen LogP contribution is 2.18. The molecule has 0 radical (unpaired) electrons. The van der Waals surface area contributed by atoms with E-state index < -0.39 is 5.82 Å². The number of aromatic nitrogens is 2. The Morgan fingerprint density at radius 1 is 1.15 bits per heavy atom. The lowest BCUT2D eigenvalue weighted by Gasteiger charge is -2.05. The monoisotopic (exact) mass is 266 g/mol. The summed E-state index contributed by atoms with van der Waals surface area (Å²) in [5.74, 6) is -0.663. The van der Waals surface area contributed by atoms with Gasteiger partial charge in [-0.15, -0.1) is 0 Å². The van der Waals surface area contributed by atoms with Crippen molar-refractivity contribution in [3.05, 3.63) is 71.9 Å². The molecule has 3 nitrogen and oxygen atoms in total. The van der Waals surface area contributed by atoms with Crippen LogP contribution in [0.3, 0.4) is 0 Å². The van der Waals surface area contributed by atoms with Gasteiger partial charge in [-0.05, 0) is 23.8 Å². The zero-order valence-corrected chi connectivity index (χ0v) is 10.6. The minimum atomic E-state index is -0.504. The molecule has 4 heteroatoms. The van der Waals surface area contributed by atoms with Crippen LogP contribution in [-0.4, -0.2) is 15.8 Å². The second-order valence-electron chi connectivity index (χ2n) is 4.48. The third-order valence-electron chi connectivity index (χ3n) is 3.12.